The van der Waals surface area contributed by atoms with E-state index in [-0.39, 0.29) is 18.7 Å². The van der Waals surface area contributed by atoms with Gasteiger partial charge in [0.1, 0.15) is 6.04 Å². The number of carbonyl (C=O) groups is 2. The molecule has 1 aromatic rings. The van der Waals surface area contributed by atoms with Crippen LogP contribution in [-0.2, 0) is 16.0 Å². The highest BCUT2D eigenvalue weighted by Crippen LogP contribution is 2.02. The van der Waals surface area contributed by atoms with Crippen molar-refractivity contribution in [2.45, 2.75) is 38.1 Å². The van der Waals surface area contributed by atoms with E-state index < -0.39 is 12.0 Å². The molecule has 0 bridgehead atoms. The summed E-state index contributed by atoms with van der Waals surface area (Å²) in [5, 5.41) is 11.5. The Bertz CT molecular complexity index is 448. The van der Waals surface area contributed by atoms with Crippen LogP contribution in [0.1, 0.15) is 31.4 Å². The van der Waals surface area contributed by atoms with Gasteiger partial charge in [-0.25, -0.2) is 9.78 Å². The number of carboxylic acid groups (broad SMARTS) is 1. The third kappa shape index (κ3) is 5.73. The van der Waals surface area contributed by atoms with E-state index in [1.54, 1.807) is 0 Å². The first kappa shape index (κ1) is 14.8. The minimum Gasteiger partial charge on any atom is -0.480 e. The van der Waals surface area contributed by atoms with Crippen molar-refractivity contribution < 1.29 is 14.7 Å². The fourth-order valence-electron chi connectivity index (χ4n) is 1.60. The largest absolute Gasteiger partial charge is 0.480 e. The van der Waals surface area contributed by atoms with Crippen LogP contribution >= 0.6 is 0 Å². The van der Waals surface area contributed by atoms with Crippen molar-refractivity contribution in [1.29, 1.82) is 0 Å². The highest BCUT2D eigenvalue weighted by Gasteiger charge is 2.20. The molecular weight excluding hydrogens is 246 g/mol. The lowest BCUT2D eigenvalue weighted by molar-refractivity contribution is -0.141. The van der Waals surface area contributed by atoms with Gasteiger partial charge in [-0.3, -0.25) is 4.79 Å². The van der Waals surface area contributed by atoms with Gasteiger partial charge in [-0.1, -0.05) is 0 Å². The number of aromatic amines is 1. The normalized spacial score (nSPS) is 11.5. The number of unbranched alkanes of at least 4 members (excludes halogenated alkanes) is 2. The van der Waals surface area contributed by atoms with E-state index in [9.17, 15) is 9.59 Å². The Balaban J connectivity index is 2.39. The number of aliphatic carboxylic acids is 1. The summed E-state index contributed by atoms with van der Waals surface area (Å²) in [6.45, 7) is 0. The Hall–Kier alpha value is -2.29. The van der Waals surface area contributed by atoms with Crippen molar-refractivity contribution in [3.63, 3.8) is 0 Å². The second-order valence-electron chi connectivity index (χ2n) is 4.15. The summed E-state index contributed by atoms with van der Waals surface area (Å²) in [6, 6.07) is -0.944. The molecule has 0 aliphatic heterocycles. The van der Waals surface area contributed by atoms with Crippen LogP contribution in [0.4, 0.5) is 0 Å². The number of hydrogen-bond donors (Lipinski definition) is 3. The Labute approximate surface area is 111 Å². The molecule has 19 heavy (non-hydrogen) atoms. The zero-order chi connectivity index (χ0) is 14.1. The molecule has 6 heteroatoms. The number of carboxylic acids is 1. The fourth-order valence-corrected chi connectivity index (χ4v) is 1.60. The number of hydrogen-bond acceptors (Lipinski definition) is 3. The van der Waals surface area contributed by atoms with Crippen molar-refractivity contribution in [3.05, 3.63) is 18.2 Å². The van der Waals surface area contributed by atoms with Crippen molar-refractivity contribution in [2.24, 2.45) is 0 Å². The zero-order valence-electron chi connectivity index (χ0n) is 10.6. The molecule has 1 atom stereocenters. The maximum absolute atomic E-state index is 11.6. The first-order valence-corrected chi connectivity index (χ1v) is 6.06. The van der Waals surface area contributed by atoms with Gasteiger partial charge in [0.05, 0.1) is 6.33 Å². The predicted molar refractivity (Wildman–Crippen MR) is 69.2 cm³/mol. The molecule has 1 aromatic heterocycles. The predicted octanol–water partition coefficient (Wildman–Crippen LogP) is 0.715. The Morgan fingerprint density at radius 3 is 2.89 bits per heavy atom. The molecule has 0 aromatic carbocycles. The van der Waals surface area contributed by atoms with E-state index in [2.05, 4.69) is 21.2 Å². The van der Waals surface area contributed by atoms with Crippen LogP contribution in [0.3, 0.4) is 0 Å². The van der Waals surface area contributed by atoms with E-state index in [1.807, 2.05) is 0 Å². The fraction of sp³-hybridized carbons (Fsp3) is 0.462. The van der Waals surface area contributed by atoms with Crippen molar-refractivity contribution >= 4 is 11.9 Å². The number of aromatic nitrogens is 2. The Kier molecular flexibility index (Phi) is 6.16. The minimum absolute atomic E-state index is 0.186. The molecule has 1 heterocycles. The van der Waals surface area contributed by atoms with Crippen molar-refractivity contribution in [2.75, 3.05) is 0 Å². The third-order valence-electron chi connectivity index (χ3n) is 2.59. The Morgan fingerprint density at radius 2 is 2.32 bits per heavy atom. The van der Waals surface area contributed by atoms with Gasteiger partial charge in [-0.15, -0.1) is 12.3 Å². The number of nitrogens with zero attached hydrogens (tertiary/aromatic N) is 1. The summed E-state index contributed by atoms with van der Waals surface area (Å²) in [7, 11) is 0. The molecule has 1 rings (SSSR count). The van der Waals surface area contributed by atoms with Gasteiger partial charge in [-0.2, -0.15) is 0 Å². The summed E-state index contributed by atoms with van der Waals surface area (Å²) >= 11 is 0. The maximum Gasteiger partial charge on any atom is 0.326 e. The smallest absolute Gasteiger partial charge is 0.326 e. The van der Waals surface area contributed by atoms with E-state index in [0.717, 1.165) is 6.42 Å². The number of terminal acetylenes is 1. The quantitative estimate of drug-likeness (QED) is 0.475. The van der Waals surface area contributed by atoms with Crippen LogP contribution in [0.25, 0.3) is 0 Å². The number of imidazole rings is 1. The van der Waals surface area contributed by atoms with Gasteiger partial charge in [0, 0.05) is 31.2 Å². The van der Waals surface area contributed by atoms with Gasteiger partial charge in [-0.05, 0) is 12.8 Å². The lowest BCUT2D eigenvalue weighted by atomic mass is 10.1. The van der Waals surface area contributed by atoms with E-state index >= 15 is 0 Å². The molecule has 0 aliphatic carbocycles. The molecule has 102 valence electrons. The number of nitrogens with one attached hydrogen (secondary N) is 2. The number of amides is 1. The van der Waals surface area contributed by atoms with Gasteiger partial charge in [0.25, 0.3) is 0 Å². The average molecular weight is 263 g/mol. The summed E-state index contributed by atoms with van der Waals surface area (Å²) in [6.07, 6.45) is 10.6. The third-order valence-corrected chi connectivity index (χ3v) is 2.59. The standard InChI is InChI=1S/C13H17N3O3/c1-2-3-4-5-6-12(17)16-11(13(18)19)7-10-8-14-9-15-10/h1,8-9,11H,3-7H2,(H,14,15)(H,16,17)(H,18,19)/t11-/m0/s1. The summed E-state index contributed by atoms with van der Waals surface area (Å²) in [5.41, 5.74) is 0.667. The monoisotopic (exact) mass is 263 g/mol. The molecule has 0 spiro atoms. The SMILES string of the molecule is C#CCCCCC(=O)N[C@@H](Cc1cnc[nH]1)C(=O)O. The number of rotatable bonds is 8. The van der Waals surface area contributed by atoms with Gasteiger partial charge in [0.2, 0.25) is 5.91 Å². The minimum atomic E-state index is -1.06. The lowest BCUT2D eigenvalue weighted by Gasteiger charge is -2.13. The first-order valence-electron chi connectivity index (χ1n) is 6.06. The maximum atomic E-state index is 11.6. The molecule has 1 amide bonds. The second kappa shape index (κ2) is 7.93. The second-order valence-corrected chi connectivity index (χ2v) is 4.15. The molecule has 0 saturated carbocycles. The summed E-state index contributed by atoms with van der Waals surface area (Å²) < 4.78 is 0. The Morgan fingerprint density at radius 1 is 1.53 bits per heavy atom. The summed E-state index contributed by atoms with van der Waals surface area (Å²) in [5.74, 6) is 1.16. The van der Waals surface area contributed by atoms with Crippen LogP contribution in [0.15, 0.2) is 12.5 Å². The topological polar surface area (TPSA) is 95.1 Å². The lowest BCUT2D eigenvalue weighted by Crippen LogP contribution is -2.42. The van der Waals surface area contributed by atoms with Gasteiger partial charge < -0.3 is 15.4 Å². The highest BCUT2D eigenvalue weighted by molar-refractivity contribution is 5.83. The molecule has 0 radical (unpaired) electrons. The average Bonchev–Trinajstić information content (AvgIpc) is 2.86. The van der Waals surface area contributed by atoms with Crippen LogP contribution in [0.2, 0.25) is 0 Å². The molecule has 0 unspecified atom stereocenters. The molecule has 3 N–H and O–H groups in total. The van der Waals surface area contributed by atoms with Crippen LogP contribution in [0.5, 0.6) is 0 Å². The molecule has 0 saturated heterocycles. The number of carbonyl (C=O) groups excluding carboxylic acids is 1. The molecule has 0 aliphatic rings. The van der Waals surface area contributed by atoms with E-state index in [1.165, 1.54) is 12.5 Å². The van der Waals surface area contributed by atoms with E-state index in [0.29, 0.717) is 18.5 Å². The van der Waals surface area contributed by atoms with Gasteiger partial charge >= 0.3 is 5.97 Å². The van der Waals surface area contributed by atoms with Crippen LogP contribution in [0, 0.1) is 12.3 Å². The molecule has 0 fully saturated rings. The van der Waals surface area contributed by atoms with Crippen LogP contribution < -0.4 is 5.32 Å². The van der Waals surface area contributed by atoms with E-state index in [4.69, 9.17) is 11.5 Å². The molecule has 6 nitrogen and oxygen atoms in total. The van der Waals surface area contributed by atoms with Crippen molar-refractivity contribution in [1.82, 2.24) is 15.3 Å². The number of H-pyrrole nitrogens is 1. The van der Waals surface area contributed by atoms with Gasteiger partial charge in [0.15, 0.2) is 0 Å². The van der Waals surface area contributed by atoms with Crippen LogP contribution in [-0.4, -0.2) is 33.0 Å². The first-order chi connectivity index (χ1) is 9.13. The molecular formula is C13H17N3O3. The summed E-state index contributed by atoms with van der Waals surface area (Å²) in [4.78, 5) is 29.3. The van der Waals surface area contributed by atoms with Crippen molar-refractivity contribution in [3.8, 4) is 12.3 Å². The highest BCUT2D eigenvalue weighted by atomic mass is 16.4. The zero-order valence-corrected chi connectivity index (χ0v) is 10.6.